The normalized spacial score (nSPS) is 14.6. The molecule has 17 heavy (non-hydrogen) atoms. The Kier molecular flexibility index (Phi) is 6.09. The molecule has 0 heterocycles. The fourth-order valence-electron chi connectivity index (χ4n) is 1.68. The average Bonchev–Trinajstić information content (AvgIpc) is 2.29. The Hall–Kier alpha value is -0.450. The molecule has 96 valence electrons. The van der Waals surface area contributed by atoms with Gasteiger partial charge in [-0.25, -0.2) is 4.39 Å². The molecule has 0 bridgehead atoms. The first-order chi connectivity index (χ1) is 8.04. The van der Waals surface area contributed by atoms with Gasteiger partial charge in [0, 0.05) is 36.3 Å². The zero-order valence-corrected chi connectivity index (χ0v) is 12.1. The lowest BCUT2D eigenvalue weighted by molar-refractivity contribution is 0.157. The predicted molar refractivity (Wildman–Crippen MR) is 71.6 cm³/mol. The maximum atomic E-state index is 13.6. The Bertz CT molecular complexity index is 359. The molecule has 0 saturated carbocycles. The lowest BCUT2D eigenvalue weighted by Gasteiger charge is -2.18. The second-order valence-corrected chi connectivity index (χ2v) is 5.27. The van der Waals surface area contributed by atoms with Crippen molar-refractivity contribution < 1.29 is 9.13 Å². The Morgan fingerprint density at radius 1 is 1.41 bits per heavy atom. The minimum Gasteiger partial charge on any atom is -0.384 e. The van der Waals surface area contributed by atoms with Crippen LogP contribution in [-0.2, 0) is 4.74 Å². The smallest absolute Gasteiger partial charge is 0.128 e. The highest BCUT2D eigenvalue weighted by atomic mass is 79.9. The van der Waals surface area contributed by atoms with E-state index < -0.39 is 0 Å². The predicted octanol–water partition coefficient (Wildman–Crippen LogP) is 3.52. The van der Waals surface area contributed by atoms with Crippen molar-refractivity contribution in [1.29, 1.82) is 0 Å². The highest BCUT2D eigenvalue weighted by molar-refractivity contribution is 9.10. The van der Waals surface area contributed by atoms with Crippen LogP contribution in [0.15, 0.2) is 22.7 Å². The summed E-state index contributed by atoms with van der Waals surface area (Å²) in [6.07, 6.45) is 0. The number of rotatable bonds is 6. The molecule has 2 unspecified atom stereocenters. The molecule has 0 radical (unpaired) electrons. The summed E-state index contributed by atoms with van der Waals surface area (Å²) in [5, 5.41) is 3.31. The van der Waals surface area contributed by atoms with E-state index in [1.54, 1.807) is 13.2 Å². The van der Waals surface area contributed by atoms with Crippen LogP contribution >= 0.6 is 15.9 Å². The second kappa shape index (κ2) is 7.09. The van der Waals surface area contributed by atoms with Crippen molar-refractivity contribution in [3.8, 4) is 0 Å². The van der Waals surface area contributed by atoms with Crippen LogP contribution in [0.2, 0.25) is 0 Å². The number of halogens is 2. The summed E-state index contributed by atoms with van der Waals surface area (Å²) in [7, 11) is 1.69. The summed E-state index contributed by atoms with van der Waals surface area (Å²) < 4.78 is 19.6. The van der Waals surface area contributed by atoms with E-state index >= 15 is 0 Å². The standard InChI is InChI=1S/C13H19BrFNO/c1-9(8-17-3)7-16-10(2)12-6-11(14)4-5-13(12)15/h4-6,9-10,16H,7-8H2,1-3H3. The molecule has 2 nitrogen and oxygen atoms in total. The third-order valence-electron chi connectivity index (χ3n) is 2.65. The molecular formula is C13H19BrFNO. The van der Waals surface area contributed by atoms with Crippen LogP contribution in [-0.4, -0.2) is 20.3 Å². The highest BCUT2D eigenvalue weighted by Crippen LogP contribution is 2.21. The van der Waals surface area contributed by atoms with Gasteiger partial charge in [-0.05, 0) is 31.0 Å². The van der Waals surface area contributed by atoms with Gasteiger partial charge in [-0.3, -0.25) is 0 Å². The lowest BCUT2D eigenvalue weighted by atomic mass is 10.1. The van der Waals surface area contributed by atoms with Crippen molar-refractivity contribution in [1.82, 2.24) is 5.32 Å². The van der Waals surface area contributed by atoms with Gasteiger partial charge in [0.05, 0.1) is 0 Å². The van der Waals surface area contributed by atoms with Crippen LogP contribution in [0.3, 0.4) is 0 Å². The van der Waals surface area contributed by atoms with Gasteiger partial charge in [-0.1, -0.05) is 22.9 Å². The van der Waals surface area contributed by atoms with Crippen LogP contribution in [0, 0.1) is 11.7 Å². The molecule has 0 aliphatic carbocycles. The van der Waals surface area contributed by atoms with E-state index in [9.17, 15) is 4.39 Å². The first-order valence-electron chi connectivity index (χ1n) is 5.72. The van der Waals surface area contributed by atoms with E-state index in [0.717, 1.165) is 11.0 Å². The number of nitrogens with one attached hydrogen (secondary N) is 1. The van der Waals surface area contributed by atoms with E-state index in [2.05, 4.69) is 28.2 Å². The minimum absolute atomic E-state index is 0.00759. The molecule has 1 aromatic rings. The highest BCUT2D eigenvalue weighted by Gasteiger charge is 2.12. The first kappa shape index (κ1) is 14.6. The maximum Gasteiger partial charge on any atom is 0.128 e. The first-order valence-corrected chi connectivity index (χ1v) is 6.51. The lowest BCUT2D eigenvalue weighted by Crippen LogP contribution is -2.27. The monoisotopic (exact) mass is 303 g/mol. The van der Waals surface area contributed by atoms with Crippen molar-refractivity contribution in [3.63, 3.8) is 0 Å². The topological polar surface area (TPSA) is 21.3 Å². The number of hydrogen-bond acceptors (Lipinski definition) is 2. The summed E-state index contributed by atoms with van der Waals surface area (Å²) in [6, 6.07) is 5.00. The largest absolute Gasteiger partial charge is 0.384 e. The van der Waals surface area contributed by atoms with Crippen LogP contribution in [0.5, 0.6) is 0 Å². The third kappa shape index (κ3) is 4.74. The molecule has 0 fully saturated rings. The average molecular weight is 304 g/mol. The van der Waals surface area contributed by atoms with Crippen LogP contribution in [0.4, 0.5) is 4.39 Å². The van der Waals surface area contributed by atoms with Crippen LogP contribution < -0.4 is 5.32 Å². The Labute approximate surface area is 111 Å². The van der Waals surface area contributed by atoms with Gasteiger partial charge in [0.15, 0.2) is 0 Å². The van der Waals surface area contributed by atoms with E-state index in [-0.39, 0.29) is 11.9 Å². The van der Waals surface area contributed by atoms with E-state index in [1.165, 1.54) is 6.07 Å². The van der Waals surface area contributed by atoms with Crippen LogP contribution in [0.1, 0.15) is 25.5 Å². The molecule has 0 aliphatic rings. The van der Waals surface area contributed by atoms with Crippen molar-refractivity contribution in [3.05, 3.63) is 34.1 Å². The molecule has 0 aromatic heterocycles. The van der Waals surface area contributed by atoms with Gasteiger partial charge in [0.1, 0.15) is 5.82 Å². The molecule has 4 heteroatoms. The Morgan fingerprint density at radius 2 is 2.12 bits per heavy atom. The van der Waals surface area contributed by atoms with Crippen LogP contribution in [0.25, 0.3) is 0 Å². The SMILES string of the molecule is COCC(C)CNC(C)c1cc(Br)ccc1F. The van der Waals surface area contributed by atoms with E-state index in [1.807, 2.05) is 13.0 Å². The number of benzene rings is 1. The van der Waals surface area contributed by atoms with Gasteiger partial charge < -0.3 is 10.1 Å². The van der Waals surface area contributed by atoms with Gasteiger partial charge in [-0.2, -0.15) is 0 Å². The van der Waals surface area contributed by atoms with Crippen molar-refractivity contribution in [2.75, 3.05) is 20.3 Å². The Morgan fingerprint density at radius 3 is 2.76 bits per heavy atom. The summed E-state index contributed by atoms with van der Waals surface area (Å²) in [4.78, 5) is 0. The third-order valence-corrected chi connectivity index (χ3v) is 3.14. The molecule has 0 saturated heterocycles. The van der Waals surface area contributed by atoms with Gasteiger partial charge in [0.2, 0.25) is 0 Å². The fourth-order valence-corrected chi connectivity index (χ4v) is 2.06. The number of methoxy groups -OCH3 is 1. The quantitative estimate of drug-likeness (QED) is 0.868. The molecule has 1 N–H and O–H groups in total. The molecule has 1 rings (SSSR count). The molecule has 0 aliphatic heterocycles. The van der Waals surface area contributed by atoms with Gasteiger partial charge in [0.25, 0.3) is 0 Å². The molecule has 1 aromatic carbocycles. The zero-order chi connectivity index (χ0) is 12.8. The molecule has 0 spiro atoms. The Balaban J connectivity index is 2.57. The minimum atomic E-state index is -0.174. The van der Waals surface area contributed by atoms with Gasteiger partial charge >= 0.3 is 0 Å². The van der Waals surface area contributed by atoms with Gasteiger partial charge in [-0.15, -0.1) is 0 Å². The summed E-state index contributed by atoms with van der Waals surface area (Å²) in [5.41, 5.74) is 0.684. The van der Waals surface area contributed by atoms with E-state index in [0.29, 0.717) is 18.1 Å². The zero-order valence-electron chi connectivity index (χ0n) is 10.5. The molecule has 2 atom stereocenters. The maximum absolute atomic E-state index is 13.6. The second-order valence-electron chi connectivity index (χ2n) is 4.36. The summed E-state index contributed by atoms with van der Waals surface area (Å²) in [6.45, 7) is 5.58. The molecular weight excluding hydrogens is 285 g/mol. The van der Waals surface area contributed by atoms with Crippen molar-refractivity contribution >= 4 is 15.9 Å². The number of ether oxygens (including phenoxy) is 1. The number of hydrogen-bond donors (Lipinski definition) is 1. The van der Waals surface area contributed by atoms with Crippen molar-refractivity contribution in [2.24, 2.45) is 5.92 Å². The van der Waals surface area contributed by atoms with Crippen molar-refractivity contribution in [2.45, 2.75) is 19.9 Å². The van der Waals surface area contributed by atoms with E-state index in [4.69, 9.17) is 4.74 Å². The molecule has 0 amide bonds. The fraction of sp³-hybridized carbons (Fsp3) is 0.538. The summed E-state index contributed by atoms with van der Waals surface area (Å²) in [5.74, 6) is 0.241. The summed E-state index contributed by atoms with van der Waals surface area (Å²) >= 11 is 3.36.